The highest BCUT2D eigenvalue weighted by atomic mass is 19.1. The lowest BCUT2D eigenvalue weighted by Crippen LogP contribution is -2.31. The first-order chi connectivity index (χ1) is 8.20. The van der Waals surface area contributed by atoms with Gasteiger partial charge in [0.05, 0.1) is 5.92 Å². The number of benzene rings is 1. The highest BCUT2D eigenvalue weighted by Gasteiger charge is 2.22. The summed E-state index contributed by atoms with van der Waals surface area (Å²) in [5.41, 5.74) is 5.90. The van der Waals surface area contributed by atoms with Crippen LogP contribution in [0.3, 0.4) is 0 Å². The topological polar surface area (TPSA) is 55.1 Å². The fourth-order valence-corrected chi connectivity index (χ4v) is 1.72. The summed E-state index contributed by atoms with van der Waals surface area (Å²) in [5, 5.41) is 2.78. The highest BCUT2D eigenvalue weighted by molar-refractivity contribution is 5.83. The number of halogens is 1. The highest BCUT2D eigenvalue weighted by Crippen LogP contribution is 2.22. The summed E-state index contributed by atoms with van der Waals surface area (Å²) in [6.45, 7) is 2.94. The Kier molecular flexibility index (Phi) is 5.63. The summed E-state index contributed by atoms with van der Waals surface area (Å²) < 4.78 is 13.6. The molecule has 0 bridgehead atoms. The maximum atomic E-state index is 13.6. The molecule has 0 aliphatic heterocycles. The first-order valence-electron chi connectivity index (χ1n) is 5.92. The Labute approximate surface area is 101 Å². The zero-order valence-electron chi connectivity index (χ0n) is 10.1. The molecule has 0 fully saturated rings. The number of nitrogens with two attached hydrogens (primary N) is 1. The molecule has 0 heterocycles. The molecule has 0 radical (unpaired) electrons. The molecule has 1 atom stereocenters. The van der Waals surface area contributed by atoms with E-state index in [4.69, 9.17) is 5.73 Å². The van der Waals surface area contributed by atoms with E-state index in [0.717, 1.165) is 6.42 Å². The molecule has 3 N–H and O–H groups in total. The van der Waals surface area contributed by atoms with Gasteiger partial charge >= 0.3 is 0 Å². The van der Waals surface area contributed by atoms with E-state index in [-0.39, 0.29) is 11.7 Å². The van der Waals surface area contributed by atoms with Crippen molar-refractivity contribution in [3.05, 3.63) is 35.6 Å². The van der Waals surface area contributed by atoms with Crippen molar-refractivity contribution < 1.29 is 9.18 Å². The minimum Gasteiger partial charge on any atom is -0.356 e. The third kappa shape index (κ3) is 3.82. The lowest BCUT2D eigenvalue weighted by Gasteiger charge is -2.16. The van der Waals surface area contributed by atoms with Gasteiger partial charge in [0.1, 0.15) is 5.82 Å². The molecule has 0 aliphatic carbocycles. The molecule has 0 aliphatic rings. The van der Waals surface area contributed by atoms with Crippen LogP contribution in [0.25, 0.3) is 0 Å². The third-order valence-electron chi connectivity index (χ3n) is 2.60. The average Bonchev–Trinajstić information content (AvgIpc) is 2.34. The van der Waals surface area contributed by atoms with E-state index in [9.17, 15) is 9.18 Å². The summed E-state index contributed by atoms with van der Waals surface area (Å²) in [7, 11) is 0. The lowest BCUT2D eigenvalue weighted by atomic mass is 9.94. The van der Waals surface area contributed by atoms with Crippen molar-refractivity contribution in [3.63, 3.8) is 0 Å². The molecule has 94 valence electrons. The number of amides is 1. The second kappa shape index (κ2) is 7.01. The Morgan fingerprint density at radius 3 is 2.76 bits per heavy atom. The molecule has 17 heavy (non-hydrogen) atoms. The number of carbonyl (C=O) groups excluding carboxylic acids is 1. The van der Waals surface area contributed by atoms with E-state index in [1.165, 1.54) is 6.07 Å². The normalized spacial score (nSPS) is 12.2. The van der Waals surface area contributed by atoms with Crippen LogP contribution >= 0.6 is 0 Å². The van der Waals surface area contributed by atoms with E-state index in [1.54, 1.807) is 18.2 Å². The van der Waals surface area contributed by atoms with Crippen LogP contribution in [0.4, 0.5) is 4.39 Å². The summed E-state index contributed by atoms with van der Waals surface area (Å²) in [6.07, 6.45) is 1.31. The van der Waals surface area contributed by atoms with E-state index in [2.05, 4.69) is 5.32 Å². The van der Waals surface area contributed by atoms with Gasteiger partial charge < -0.3 is 11.1 Å². The standard InChI is InChI=1S/C13H19FN2O/c1-2-9-16-13(17)11(7-8-15)10-5-3-4-6-12(10)14/h3-6,11H,2,7-9,15H2,1H3,(H,16,17). The van der Waals surface area contributed by atoms with Crippen molar-refractivity contribution >= 4 is 5.91 Å². The Balaban J connectivity index is 2.85. The maximum absolute atomic E-state index is 13.6. The van der Waals surface area contributed by atoms with Gasteiger partial charge in [0.2, 0.25) is 5.91 Å². The molecule has 3 nitrogen and oxygen atoms in total. The number of carbonyl (C=O) groups is 1. The molecule has 0 spiro atoms. The van der Waals surface area contributed by atoms with Gasteiger partial charge in [0, 0.05) is 12.1 Å². The largest absolute Gasteiger partial charge is 0.356 e. The van der Waals surface area contributed by atoms with Crippen molar-refractivity contribution in [1.29, 1.82) is 0 Å². The second-order valence-corrected chi connectivity index (χ2v) is 3.94. The minimum absolute atomic E-state index is 0.151. The van der Waals surface area contributed by atoms with Gasteiger partial charge in [-0.15, -0.1) is 0 Å². The van der Waals surface area contributed by atoms with Crippen molar-refractivity contribution in [2.75, 3.05) is 13.1 Å². The van der Waals surface area contributed by atoms with Crippen LogP contribution in [0.5, 0.6) is 0 Å². The van der Waals surface area contributed by atoms with Crippen LogP contribution in [0.15, 0.2) is 24.3 Å². The van der Waals surface area contributed by atoms with Crippen molar-refractivity contribution in [2.45, 2.75) is 25.7 Å². The summed E-state index contributed by atoms with van der Waals surface area (Å²) in [6, 6.07) is 6.35. The second-order valence-electron chi connectivity index (χ2n) is 3.94. The van der Waals surface area contributed by atoms with Gasteiger partial charge in [-0.3, -0.25) is 4.79 Å². The molecule has 1 rings (SSSR count). The van der Waals surface area contributed by atoms with Crippen LogP contribution in [0, 0.1) is 5.82 Å². The van der Waals surface area contributed by atoms with Crippen LogP contribution in [-0.2, 0) is 4.79 Å². The summed E-state index contributed by atoms with van der Waals surface area (Å²) in [5.74, 6) is -0.993. The quantitative estimate of drug-likeness (QED) is 0.793. The average molecular weight is 238 g/mol. The van der Waals surface area contributed by atoms with E-state index in [0.29, 0.717) is 25.1 Å². The predicted molar refractivity (Wildman–Crippen MR) is 66.1 cm³/mol. The van der Waals surface area contributed by atoms with Gasteiger partial charge in [-0.25, -0.2) is 4.39 Å². The monoisotopic (exact) mass is 238 g/mol. The van der Waals surface area contributed by atoms with Crippen LogP contribution < -0.4 is 11.1 Å². The molecule has 1 amide bonds. The molecule has 0 aromatic heterocycles. The molecule has 1 aromatic carbocycles. The SMILES string of the molecule is CCCNC(=O)C(CCN)c1ccccc1F. The molecule has 4 heteroatoms. The van der Waals surface area contributed by atoms with E-state index in [1.807, 2.05) is 6.92 Å². The molecule has 0 saturated heterocycles. The van der Waals surface area contributed by atoms with Crippen molar-refractivity contribution in [1.82, 2.24) is 5.32 Å². The fourth-order valence-electron chi connectivity index (χ4n) is 1.72. The number of hydrogen-bond donors (Lipinski definition) is 2. The van der Waals surface area contributed by atoms with Crippen molar-refractivity contribution in [3.8, 4) is 0 Å². The summed E-state index contributed by atoms with van der Waals surface area (Å²) in [4.78, 5) is 11.9. The number of rotatable bonds is 6. The van der Waals surface area contributed by atoms with Crippen molar-refractivity contribution in [2.24, 2.45) is 5.73 Å². The first kappa shape index (κ1) is 13.6. The summed E-state index contributed by atoms with van der Waals surface area (Å²) >= 11 is 0. The van der Waals surface area contributed by atoms with Gasteiger partial charge in [-0.05, 0) is 25.5 Å². The smallest absolute Gasteiger partial charge is 0.227 e. The van der Waals surface area contributed by atoms with Gasteiger partial charge in [-0.2, -0.15) is 0 Å². The molecule has 1 unspecified atom stereocenters. The Morgan fingerprint density at radius 1 is 1.47 bits per heavy atom. The Morgan fingerprint density at radius 2 is 2.18 bits per heavy atom. The Bertz CT molecular complexity index is 368. The van der Waals surface area contributed by atoms with Crippen LogP contribution in [-0.4, -0.2) is 19.0 Å². The van der Waals surface area contributed by atoms with E-state index >= 15 is 0 Å². The third-order valence-corrected chi connectivity index (χ3v) is 2.60. The number of hydrogen-bond acceptors (Lipinski definition) is 2. The maximum Gasteiger partial charge on any atom is 0.227 e. The predicted octanol–water partition coefficient (Wildman–Crippen LogP) is 1.78. The van der Waals surface area contributed by atoms with Crippen LogP contribution in [0.1, 0.15) is 31.2 Å². The fraction of sp³-hybridized carbons (Fsp3) is 0.462. The number of nitrogens with one attached hydrogen (secondary N) is 1. The lowest BCUT2D eigenvalue weighted by molar-refractivity contribution is -0.122. The Hall–Kier alpha value is -1.42. The van der Waals surface area contributed by atoms with Gasteiger partial charge in [0.15, 0.2) is 0 Å². The van der Waals surface area contributed by atoms with E-state index < -0.39 is 5.92 Å². The van der Waals surface area contributed by atoms with Gasteiger partial charge in [0.25, 0.3) is 0 Å². The van der Waals surface area contributed by atoms with Gasteiger partial charge in [-0.1, -0.05) is 25.1 Å². The molecule has 1 aromatic rings. The molecule has 0 saturated carbocycles. The minimum atomic E-state index is -0.493. The first-order valence-corrected chi connectivity index (χ1v) is 5.92. The van der Waals surface area contributed by atoms with Crippen LogP contribution in [0.2, 0.25) is 0 Å². The zero-order chi connectivity index (χ0) is 12.7. The zero-order valence-corrected chi connectivity index (χ0v) is 10.1. The molecular formula is C13H19FN2O. The molecular weight excluding hydrogens is 219 g/mol.